The Hall–Kier alpha value is -2.67. The number of rotatable bonds is 8. The van der Waals surface area contributed by atoms with Crippen LogP contribution in [-0.4, -0.2) is 41.6 Å². The monoisotopic (exact) mass is 346 g/mol. The lowest BCUT2D eigenvalue weighted by molar-refractivity contribution is 0.0472. The number of H-pyrrole nitrogens is 1. The molecular weight excluding hydrogens is 324 g/mol. The highest BCUT2D eigenvalue weighted by Gasteiger charge is 2.18. The van der Waals surface area contributed by atoms with Crippen LogP contribution in [0.4, 0.5) is 0 Å². The summed E-state index contributed by atoms with van der Waals surface area (Å²) < 4.78 is 12.1. The zero-order chi connectivity index (χ0) is 18.4. The van der Waals surface area contributed by atoms with Gasteiger partial charge in [0, 0.05) is 43.4 Å². The van der Waals surface area contributed by atoms with Gasteiger partial charge in [0.15, 0.2) is 6.61 Å². The smallest absolute Gasteiger partial charge is 0.344 e. The normalized spacial score (nSPS) is 10.7. The number of ether oxygens (including phenoxy) is 2. The second kappa shape index (κ2) is 8.43. The lowest BCUT2D eigenvalue weighted by Gasteiger charge is -2.09. The topological polar surface area (TPSA) is 90.4 Å². The first-order chi connectivity index (χ1) is 12.0. The Morgan fingerprint density at radius 2 is 2.00 bits per heavy atom. The number of aromatic nitrogens is 2. The Morgan fingerprint density at radius 3 is 2.68 bits per heavy atom. The molecule has 25 heavy (non-hydrogen) atoms. The summed E-state index contributed by atoms with van der Waals surface area (Å²) in [4.78, 5) is 38.2. The molecular formula is C18H22N2O5. The van der Waals surface area contributed by atoms with E-state index in [1.807, 2.05) is 18.4 Å². The van der Waals surface area contributed by atoms with Gasteiger partial charge in [-0.2, -0.15) is 0 Å². The lowest BCUT2D eigenvalue weighted by atomic mass is 10.1. The predicted molar refractivity (Wildman–Crippen MR) is 92.1 cm³/mol. The van der Waals surface area contributed by atoms with Crippen molar-refractivity contribution < 1.29 is 19.1 Å². The van der Waals surface area contributed by atoms with E-state index in [-0.39, 0.29) is 11.3 Å². The van der Waals surface area contributed by atoms with E-state index in [1.165, 1.54) is 18.3 Å². The van der Waals surface area contributed by atoms with Crippen LogP contribution in [0.3, 0.4) is 0 Å². The van der Waals surface area contributed by atoms with Gasteiger partial charge in [0.05, 0.1) is 0 Å². The molecule has 7 heteroatoms. The third-order valence-electron chi connectivity index (χ3n) is 3.98. The summed E-state index contributed by atoms with van der Waals surface area (Å²) in [6, 6.07) is 4.66. The van der Waals surface area contributed by atoms with Gasteiger partial charge in [0.1, 0.15) is 5.56 Å². The Balaban J connectivity index is 2.04. The first-order valence-electron chi connectivity index (χ1n) is 7.99. The molecule has 1 N–H and O–H groups in total. The minimum Gasteiger partial charge on any atom is -0.454 e. The number of esters is 1. The van der Waals surface area contributed by atoms with Crippen molar-refractivity contribution in [1.82, 2.24) is 9.55 Å². The third-order valence-corrected chi connectivity index (χ3v) is 3.98. The molecule has 0 atom stereocenters. The maximum atomic E-state index is 12.4. The summed E-state index contributed by atoms with van der Waals surface area (Å²) in [5.41, 5.74) is 1.64. The van der Waals surface area contributed by atoms with Gasteiger partial charge in [-0.3, -0.25) is 9.59 Å². The van der Waals surface area contributed by atoms with Crippen LogP contribution in [0.15, 0.2) is 29.2 Å². The van der Waals surface area contributed by atoms with E-state index in [2.05, 4.69) is 4.98 Å². The number of ketones is 1. The first kappa shape index (κ1) is 18.7. The molecule has 0 amide bonds. The SMILES string of the molecule is COCCCn1c(C)cc(C(=O)COC(=O)c2ccc[nH]c2=O)c1C. The maximum Gasteiger partial charge on any atom is 0.344 e. The molecule has 2 heterocycles. The van der Waals surface area contributed by atoms with E-state index in [4.69, 9.17) is 9.47 Å². The molecule has 0 saturated carbocycles. The van der Waals surface area contributed by atoms with Crippen LogP contribution in [0.5, 0.6) is 0 Å². The average Bonchev–Trinajstić information content (AvgIpc) is 2.88. The summed E-state index contributed by atoms with van der Waals surface area (Å²) in [6.45, 7) is 4.76. The quantitative estimate of drug-likeness (QED) is 0.448. The van der Waals surface area contributed by atoms with Gasteiger partial charge in [-0.15, -0.1) is 0 Å². The highest BCUT2D eigenvalue weighted by molar-refractivity contribution is 6.00. The second-order valence-corrected chi connectivity index (χ2v) is 5.70. The number of Topliss-reactive ketones (excluding diaryl/α,β-unsaturated/α-hetero) is 1. The van der Waals surface area contributed by atoms with Crippen molar-refractivity contribution >= 4 is 11.8 Å². The average molecular weight is 346 g/mol. The highest BCUT2D eigenvalue weighted by atomic mass is 16.5. The fourth-order valence-corrected chi connectivity index (χ4v) is 2.66. The zero-order valence-corrected chi connectivity index (χ0v) is 14.6. The molecule has 2 aromatic rings. The zero-order valence-electron chi connectivity index (χ0n) is 14.6. The molecule has 2 aromatic heterocycles. The highest BCUT2D eigenvalue weighted by Crippen LogP contribution is 2.16. The molecule has 0 aromatic carbocycles. The van der Waals surface area contributed by atoms with E-state index >= 15 is 0 Å². The van der Waals surface area contributed by atoms with E-state index in [1.54, 1.807) is 13.2 Å². The Morgan fingerprint density at radius 1 is 1.24 bits per heavy atom. The van der Waals surface area contributed by atoms with Gasteiger partial charge in [-0.25, -0.2) is 4.79 Å². The summed E-state index contributed by atoms with van der Waals surface area (Å²) in [5, 5.41) is 0. The van der Waals surface area contributed by atoms with Crippen molar-refractivity contribution in [2.45, 2.75) is 26.8 Å². The summed E-state index contributed by atoms with van der Waals surface area (Å²) in [6.07, 6.45) is 2.26. The molecule has 7 nitrogen and oxygen atoms in total. The van der Waals surface area contributed by atoms with Crippen molar-refractivity contribution in [3.05, 3.63) is 57.3 Å². The predicted octanol–water partition coefficient (Wildman–Crippen LogP) is 1.87. The van der Waals surface area contributed by atoms with Gasteiger partial charge in [-0.05, 0) is 38.5 Å². The number of nitrogens with one attached hydrogen (secondary N) is 1. The lowest BCUT2D eigenvalue weighted by Crippen LogP contribution is -2.21. The van der Waals surface area contributed by atoms with Gasteiger partial charge >= 0.3 is 5.97 Å². The van der Waals surface area contributed by atoms with E-state index in [0.717, 1.165) is 24.4 Å². The summed E-state index contributed by atoms with van der Waals surface area (Å²) in [5.74, 6) is -1.11. The Kier molecular flexibility index (Phi) is 6.30. The van der Waals surface area contributed by atoms with Crippen LogP contribution >= 0.6 is 0 Å². The number of carbonyl (C=O) groups is 2. The van der Waals surface area contributed by atoms with Crippen LogP contribution in [-0.2, 0) is 16.0 Å². The largest absolute Gasteiger partial charge is 0.454 e. The maximum absolute atomic E-state index is 12.4. The van der Waals surface area contributed by atoms with Crippen molar-refractivity contribution in [2.24, 2.45) is 0 Å². The number of hydrogen-bond acceptors (Lipinski definition) is 5. The number of methoxy groups -OCH3 is 1. The van der Waals surface area contributed by atoms with Crippen LogP contribution < -0.4 is 5.56 Å². The number of pyridine rings is 1. The third kappa shape index (κ3) is 4.45. The number of hydrogen-bond donors (Lipinski definition) is 1. The molecule has 0 spiro atoms. The molecule has 0 radical (unpaired) electrons. The fraction of sp³-hybridized carbons (Fsp3) is 0.389. The molecule has 0 unspecified atom stereocenters. The van der Waals surface area contributed by atoms with Gasteiger partial charge in [-0.1, -0.05) is 0 Å². The number of carbonyl (C=O) groups excluding carboxylic acids is 2. The number of nitrogens with zero attached hydrogens (tertiary/aromatic N) is 1. The van der Waals surface area contributed by atoms with Crippen LogP contribution in [0.1, 0.15) is 38.5 Å². The Bertz CT molecular complexity index is 819. The van der Waals surface area contributed by atoms with E-state index < -0.39 is 18.1 Å². The van der Waals surface area contributed by atoms with E-state index in [0.29, 0.717) is 12.2 Å². The second-order valence-electron chi connectivity index (χ2n) is 5.70. The van der Waals surface area contributed by atoms with Crippen molar-refractivity contribution in [2.75, 3.05) is 20.3 Å². The van der Waals surface area contributed by atoms with Gasteiger partial charge in [0.25, 0.3) is 5.56 Å². The first-order valence-corrected chi connectivity index (χ1v) is 7.99. The van der Waals surface area contributed by atoms with Crippen LogP contribution in [0, 0.1) is 13.8 Å². The van der Waals surface area contributed by atoms with E-state index in [9.17, 15) is 14.4 Å². The van der Waals surface area contributed by atoms with Crippen molar-refractivity contribution in [1.29, 1.82) is 0 Å². The molecule has 0 aliphatic rings. The number of aromatic amines is 1. The number of aryl methyl sites for hydroxylation is 1. The molecule has 0 saturated heterocycles. The van der Waals surface area contributed by atoms with Crippen molar-refractivity contribution in [3.8, 4) is 0 Å². The van der Waals surface area contributed by atoms with Gasteiger partial charge < -0.3 is 19.0 Å². The minimum absolute atomic E-state index is 0.125. The molecule has 0 aliphatic heterocycles. The minimum atomic E-state index is -0.816. The summed E-state index contributed by atoms with van der Waals surface area (Å²) in [7, 11) is 1.65. The molecule has 0 aliphatic carbocycles. The van der Waals surface area contributed by atoms with Crippen LogP contribution in [0.25, 0.3) is 0 Å². The molecule has 0 bridgehead atoms. The molecule has 0 fully saturated rings. The van der Waals surface area contributed by atoms with Crippen molar-refractivity contribution in [3.63, 3.8) is 0 Å². The fourth-order valence-electron chi connectivity index (χ4n) is 2.66. The standard InChI is InChI=1S/C18H22N2O5/c1-12-10-15(13(2)20(12)8-5-9-24-3)16(21)11-25-18(23)14-6-4-7-19-17(14)22/h4,6-7,10H,5,8-9,11H2,1-3H3,(H,19,22). The summed E-state index contributed by atoms with van der Waals surface area (Å²) >= 11 is 0. The molecule has 134 valence electrons. The van der Waals surface area contributed by atoms with Crippen LogP contribution in [0.2, 0.25) is 0 Å². The Labute approximate surface area is 145 Å². The van der Waals surface area contributed by atoms with Gasteiger partial charge in [0.2, 0.25) is 5.78 Å². The molecule has 2 rings (SSSR count).